The molecule has 3 nitrogen and oxygen atoms in total. The third-order valence-corrected chi connectivity index (χ3v) is 2.14. The summed E-state index contributed by atoms with van der Waals surface area (Å²) in [6, 6.07) is 6.40. The van der Waals surface area contributed by atoms with Gasteiger partial charge in [-0.3, -0.25) is 9.80 Å². The number of aryl methyl sites for hydroxylation is 1. The first kappa shape index (κ1) is 11.7. The average Bonchev–Trinajstić information content (AvgIpc) is 2.17. The highest BCUT2D eigenvalue weighted by molar-refractivity contribution is 5.75. The number of benzene rings is 1. The van der Waals surface area contributed by atoms with E-state index < -0.39 is 0 Å². The molecule has 0 aliphatic heterocycles. The molecule has 1 aromatic rings. The van der Waals surface area contributed by atoms with Crippen LogP contribution in [0.5, 0.6) is 0 Å². The molecule has 0 radical (unpaired) electrons. The smallest absolute Gasteiger partial charge is 0.236 e. The first-order valence-corrected chi connectivity index (χ1v) is 4.85. The minimum absolute atomic E-state index is 0.105. The van der Waals surface area contributed by atoms with E-state index in [1.54, 1.807) is 6.07 Å². The molecule has 4 heteroatoms. The zero-order valence-corrected chi connectivity index (χ0v) is 8.74. The van der Waals surface area contributed by atoms with Gasteiger partial charge >= 0.3 is 0 Å². The first-order valence-electron chi connectivity index (χ1n) is 4.85. The molecular formula is C11H15FN2O. The van der Waals surface area contributed by atoms with Crippen LogP contribution in [-0.4, -0.2) is 18.0 Å². The van der Waals surface area contributed by atoms with E-state index in [0.717, 1.165) is 10.6 Å². The summed E-state index contributed by atoms with van der Waals surface area (Å²) in [5, 5.41) is 1.07. The Balaban J connectivity index is 2.35. The van der Waals surface area contributed by atoms with Gasteiger partial charge in [0, 0.05) is 13.5 Å². The van der Waals surface area contributed by atoms with Crippen molar-refractivity contribution in [3.63, 3.8) is 0 Å². The highest BCUT2D eigenvalue weighted by atomic mass is 19.1. The van der Waals surface area contributed by atoms with Crippen LogP contribution in [0.2, 0.25) is 0 Å². The number of hydrogen-bond acceptors (Lipinski definition) is 2. The average molecular weight is 210 g/mol. The van der Waals surface area contributed by atoms with Crippen molar-refractivity contribution in [3.8, 4) is 0 Å². The Morgan fingerprint density at radius 3 is 2.87 bits per heavy atom. The maximum Gasteiger partial charge on any atom is 0.236 e. The van der Waals surface area contributed by atoms with Crippen LogP contribution in [0.3, 0.4) is 0 Å². The fraction of sp³-hybridized carbons (Fsp3) is 0.364. The van der Waals surface area contributed by atoms with E-state index in [-0.39, 0.29) is 11.7 Å². The summed E-state index contributed by atoms with van der Waals surface area (Å²) in [7, 11) is 1.52. The van der Waals surface area contributed by atoms with Crippen LogP contribution in [-0.2, 0) is 11.2 Å². The van der Waals surface area contributed by atoms with Crippen molar-refractivity contribution in [1.29, 1.82) is 0 Å². The number of nitrogens with zero attached hydrogens (tertiary/aromatic N) is 1. The van der Waals surface area contributed by atoms with Gasteiger partial charge in [-0.2, -0.15) is 0 Å². The number of nitrogens with two attached hydrogens (primary N) is 1. The Kier molecular flexibility index (Phi) is 4.24. The summed E-state index contributed by atoms with van der Waals surface area (Å²) < 4.78 is 12.8. The minimum Gasteiger partial charge on any atom is -0.284 e. The van der Waals surface area contributed by atoms with Crippen LogP contribution in [0.25, 0.3) is 0 Å². The Bertz CT molecular complexity index is 339. The molecule has 0 atom stereocenters. The van der Waals surface area contributed by atoms with Crippen LogP contribution in [0.15, 0.2) is 24.3 Å². The maximum atomic E-state index is 12.8. The second kappa shape index (κ2) is 5.46. The predicted octanol–water partition coefficient (Wildman–Crippen LogP) is 1.48. The molecule has 0 unspecified atom stereocenters. The van der Waals surface area contributed by atoms with Crippen LogP contribution < -0.4 is 5.84 Å². The van der Waals surface area contributed by atoms with Gasteiger partial charge in [0.05, 0.1) is 0 Å². The first-order chi connectivity index (χ1) is 7.09. The molecule has 15 heavy (non-hydrogen) atoms. The molecule has 0 aliphatic carbocycles. The lowest BCUT2D eigenvalue weighted by Gasteiger charge is -2.09. The molecule has 0 saturated carbocycles. The molecule has 0 heterocycles. The Morgan fingerprint density at radius 2 is 2.27 bits per heavy atom. The number of rotatable bonds is 4. The molecular weight excluding hydrogens is 195 g/mol. The van der Waals surface area contributed by atoms with Gasteiger partial charge in [-0.1, -0.05) is 12.1 Å². The molecule has 1 aromatic carbocycles. The lowest BCUT2D eigenvalue weighted by atomic mass is 10.1. The van der Waals surface area contributed by atoms with Gasteiger partial charge in [0.2, 0.25) is 5.91 Å². The van der Waals surface area contributed by atoms with Gasteiger partial charge < -0.3 is 0 Å². The second-order valence-corrected chi connectivity index (χ2v) is 3.49. The molecule has 1 rings (SSSR count). The minimum atomic E-state index is -0.241. The van der Waals surface area contributed by atoms with E-state index >= 15 is 0 Å². The molecule has 2 N–H and O–H groups in total. The lowest BCUT2D eigenvalue weighted by Crippen LogP contribution is -2.32. The third kappa shape index (κ3) is 4.08. The second-order valence-electron chi connectivity index (χ2n) is 3.49. The summed E-state index contributed by atoms with van der Waals surface area (Å²) >= 11 is 0. The topological polar surface area (TPSA) is 46.3 Å². The van der Waals surface area contributed by atoms with E-state index in [4.69, 9.17) is 5.84 Å². The van der Waals surface area contributed by atoms with Crippen molar-refractivity contribution >= 4 is 5.91 Å². The van der Waals surface area contributed by atoms with E-state index in [1.165, 1.54) is 19.2 Å². The molecule has 0 aliphatic rings. The Hall–Kier alpha value is -1.42. The third-order valence-electron chi connectivity index (χ3n) is 2.14. The molecule has 82 valence electrons. The van der Waals surface area contributed by atoms with Crippen LogP contribution in [0.4, 0.5) is 4.39 Å². The highest BCUT2D eigenvalue weighted by Gasteiger charge is 2.04. The van der Waals surface area contributed by atoms with Crippen LogP contribution in [0, 0.1) is 5.82 Å². The SMILES string of the molecule is CN(N)C(=O)CCCc1cccc(F)c1. The number of amides is 1. The van der Waals surface area contributed by atoms with Crippen molar-refractivity contribution in [3.05, 3.63) is 35.6 Å². The van der Waals surface area contributed by atoms with Crippen LogP contribution in [0.1, 0.15) is 18.4 Å². The van der Waals surface area contributed by atoms with Crippen molar-refractivity contribution in [2.75, 3.05) is 7.05 Å². The summed E-state index contributed by atoms with van der Waals surface area (Å²) in [6.07, 6.45) is 1.77. The largest absolute Gasteiger partial charge is 0.284 e. The predicted molar refractivity (Wildman–Crippen MR) is 56.3 cm³/mol. The summed E-state index contributed by atoms with van der Waals surface area (Å²) in [5.41, 5.74) is 0.905. The number of hydrazine groups is 1. The van der Waals surface area contributed by atoms with Gasteiger partial charge in [0.25, 0.3) is 0 Å². The molecule has 0 bridgehead atoms. The zero-order valence-electron chi connectivity index (χ0n) is 8.74. The fourth-order valence-corrected chi connectivity index (χ4v) is 1.31. The summed E-state index contributed by atoms with van der Waals surface area (Å²) in [4.78, 5) is 11.1. The molecule has 0 saturated heterocycles. The number of carbonyl (C=O) groups is 1. The fourth-order valence-electron chi connectivity index (χ4n) is 1.31. The Labute approximate surface area is 88.7 Å². The van der Waals surface area contributed by atoms with Gasteiger partial charge in [0.1, 0.15) is 5.82 Å². The van der Waals surface area contributed by atoms with Gasteiger partial charge in [-0.25, -0.2) is 10.2 Å². The van der Waals surface area contributed by atoms with Crippen molar-refractivity contribution in [2.45, 2.75) is 19.3 Å². The van der Waals surface area contributed by atoms with Gasteiger partial charge in [0.15, 0.2) is 0 Å². The molecule has 1 amide bonds. The van der Waals surface area contributed by atoms with Gasteiger partial charge in [-0.05, 0) is 30.5 Å². The Morgan fingerprint density at radius 1 is 1.53 bits per heavy atom. The zero-order chi connectivity index (χ0) is 11.3. The van der Waals surface area contributed by atoms with E-state index in [9.17, 15) is 9.18 Å². The molecule has 0 spiro atoms. The number of hydrogen-bond donors (Lipinski definition) is 1. The highest BCUT2D eigenvalue weighted by Crippen LogP contribution is 2.07. The van der Waals surface area contributed by atoms with E-state index in [1.807, 2.05) is 6.07 Å². The summed E-state index contributed by atoms with van der Waals surface area (Å²) in [6.45, 7) is 0. The summed E-state index contributed by atoms with van der Waals surface area (Å²) in [5.74, 6) is 4.92. The number of halogens is 1. The van der Waals surface area contributed by atoms with Crippen molar-refractivity contribution in [2.24, 2.45) is 5.84 Å². The monoisotopic (exact) mass is 210 g/mol. The lowest BCUT2D eigenvalue weighted by molar-refractivity contribution is -0.130. The van der Waals surface area contributed by atoms with E-state index in [0.29, 0.717) is 19.3 Å². The quantitative estimate of drug-likeness (QED) is 0.465. The van der Waals surface area contributed by atoms with Gasteiger partial charge in [-0.15, -0.1) is 0 Å². The van der Waals surface area contributed by atoms with Crippen molar-refractivity contribution < 1.29 is 9.18 Å². The standard InChI is InChI=1S/C11H15FN2O/c1-14(13)11(15)7-3-5-9-4-2-6-10(12)8-9/h2,4,6,8H,3,5,7,13H2,1H3. The maximum absolute atomic E-state index is 12.8. The molecule has 0 fully saturated rings. The molecule has 0 aromatic heterocycles. The van der Waals surface area contributed by atoms with Crippen molar-refractivity contribution in [1.82, 2.24) is 5.01 Å². The number of carbonyl (C=O) groups excluding carboxylic acids is 1. The van der Waals surface area contributed by atoms with E-state index in [2.05, 4.69) is 0 Å². The normalized spacial score (nSPS) is 10.1. The van der Waals surface area contributed by atoms with Crippen LogP contribution >= 0.6 is 0 Å².